The van der Waals surface area contributed by atoms with Crippen LogP contribution in [0.15, 0.2) is 24.3 Å². The Kier molecular flexibility index (Phi) is 8.07. The number of carboxylic acid groups (broad SMARTS) is 1. The largest absolute Gasteiger partial charge is 0.480 e. The standard InChI is InChI=1S/C16H23N5O4/c1-2-12(21-13(22)8-19-9-14(23)24)16(25)20-7-10-3-5-11(6-4-10)15(17)18/h3-6,12,19H,2,7-9H2,1H3,(H3,17,18)(H,20,25)(H,21,22)(H,23,24). The Labute approximate surface area is 145 Å². The monoisotopic (exact) mass is 349 g/mol. The van der Waals surface area contributed by atoms with Gasteiger partial charge in [0.15, 0.2) is 0 Å². The zero-order chi connectivity index (χ0) is 18.8. The second-order valence-corrected chi connectivity index (χ2v) is 5.35. The van der Waals surface area contributed by atoms with E-state index in [-0.39, 0.29) is 31.4 Å². The van der Waals surface area contributed by atoms with Gasteiger partial charge in [-0.3, -0.25) is 25.1 Å². The second-order valence-electron chi connectivity index (χ2n) is 5.35. The van der Waals surface area contributed by atoms with E-state index in [2.05, 4.69) is 16.0 Å². The van der Waals surface area contributed by atoms with E-state index in [0.717, 1.165) is 5.56 Å². The van der Waals surface area contributed by atoms with Gasteiger partial charge in [0.2, 0.25) is 11.8 Å². The van der Waals surface area contributed by atoms with Gasteiger partial charge >= 0.3 is 5.97 Å². The summed E-state index contributed by atoms with van der Waals surface area (Å²) in [4.78, 5) is 34.2. The third-order valence-corrected chi connectivity index (χ3v) is 3.35. The van der Waals surface area contributed by atoms with E-state index in [4.69, 9.17) is 16.2 Å². The van der Waals surface area contributed by atoms with E-state index in [0.29, 0.717) is 12.0 Å². The molecule has 0 aliphatic carbocycles. The second kappa shape index (κ2) is 10.0. The van der Waals surface area contributed by atoms with Crippen LogP contribution in [-0.4, -0.2) is 47.9 Å². The predicted octanol–water partition coefficient (Wildman–Crippen LogP) is -0.844. The molecular weight excluding hydrogens is 326 g/mol. The molecule has 1 rings (SSSR count). The van der Waals surface area contributed by atoms with E-state index in [1.54, 1.807) is 31.2 Å². The van der Waals surface area contributed by atoms with Gasteiger partial charge in [-0.1, -0.05) is 31.2 Å². The van der Waals surface area contributed by atoms with Crippen LogP contribution in [0.5, 0.6) is 0 Å². The molecule has 1 aromatic rings. The summed E-state index contributed by atoms with van der Waals surface area (Å²) in [5.41, 5.74) is 6.81. The van der Waals surface area contributed by atoms with Crippen molar-refractivity contribution >= 4 is 23.6 Å². The van der Waals surface area contributed by atoms with Crippen molar-refractivity contribution in [3.63, 3.8) is 0 Å². The normalized spacial score (nSPS) is 11.4. The predicted molar refractivity (Wildman–Crippen MR) is 92.0 cm³/mol. The number of amides is 2. The number of nitrogens with one attached hydrogen (secondary N) is 4. The SMILES string of the molecule is CCC(NC(=O)CNCC(=O)O)C(=O)NCc1ccc(C(=N)N)cc1. The summed E-state index contributed by atoms with van der Waals surface area (Å²) in [6.45, 7) is 1.53. The first kappa shape index (κ1) is 20.1. The zero-order valence-electron chi connectivity index (χ0n) is 14.0. The number of aliphatic carboxylic acids is 1. The average molecular weight is 349 g/mol. The van der Waals surface area contributed by atoms with Crippen molar-refractivity contribution in [2.24, 2.45) is 5.73 Å². The number of amidine groups is 1. The van der Waals surface area contributed by atoms with Gasteiger partial charge in [-0.05, 0) is 12.0 Å². The molecule has 1 atom stereocenters. The Morgan fingerprint density at radius 3 is 2.36 bits per heavy atom. The fraction of sp³-hybridized carbons (Fsp3) is 0.375. The van der Waals surface area contributed by atoms with Crippen LogP contribution >= 0.6 is 0 Å². The van der Waals surface area contributed by atoms with Crippen LogP contribution in [0.1, 0.15) is 24.5 Å². The Morgan fingerprint density at radius 2 is 1.84 bits per heavy atom. The van der Waals surface area contributed by atoms with Gasteiger partial charge in [-0.25, -0.2) is 0 Å². The van der Waals surface area contributed by atoms with Crippen LogP contribution in [0.2, 0.25) is 0 Å². The first-order valence-electron chi connectivity index (χ1n) is 7.76. The molecule has 0 aliphatic rings. The van der Waals surface area contributed by atoms with Crippen molar-refractivity contribution in [1.82, 2.24) is 16.0 Å². The number of hydrogen-bond donors (Lipinski definition) is 6. The quantitative estimate of drug-likeness (QED) is 0.239. The third kappa shape index (κ3) is 7.44. The van der Waals surface area contributed by atoms with E-state index in [1.165, 1.54) is 0 Å². The van der Waals surface area contributed by atoms with Gasteiger partial charge in [0.25, 0.3) is 0 Å². The Morgan fingerprint density at radius 1 is 1.20 bits per heavy atom. The molecule has 0 aliphatic heterocycles. The molecule has 0 saturated heterocycles. The molecule has 25 heavy (non-hydrogen) atoms. The molecular formula is C16H23N5O4. The topological polar surface area (TPSA) is 157 Å². The number of carboxylic acids is 1. The molecule has 2 amide bonds. The molecule has 0 radical (unpaired) electrons. The van der Waals surface area contributed by atoms with E-state index in [1.807, 2.05) is 0 Å². The lowest BCUT2D eigenvalue weighted by molar-refractivity contribution is -0.136. The van der Waals surface area contributed by atoms with Gasteiger partial charge < -0.3 is 21.5 Å². The third-order valence-electron chi connectivity index (χ3n) is 3.35. The van der Waals surface area contributed by atoms with Crippen LogP contribution in [0.4, 0.5) is 0 Å². The minimum Gasteiger partial charge on any atom is -0.480 e. The highest BCUT2D eigenvalue weighted by Gasteiger charge is 2.18. The van der Waals surface area contributed by atoms with Crippen molar-refractivity contribution in [3.05, 3.63) is 35.4 Å². The molecule has 0 saturated carbocycles. The number of nitrogens with two attached hydrogens (primary N) is 1. The van der Waals surface area contributed by atoms with Crippen LogP contribution in [0, 0.1) is 5.41 Å². The Hall–Kier alpha value is -2.94. The van der Waals surface area contributed by atoms with Gasteiger partial charge in [-0.2, -0.15) is 0 Å². The van der Waals surface area contributed by atoms with E-state index < -0.39 is 17.9 Å². The maximum atomic E-state index is 12.1. The number of benzene rings is 1. The van der Waals surface area contributed by atoms with E-state index >= 15 is 0 Å². The van der Waals surface area contributed by atoms with Crippen molar-refractivity contribution in [2.75, 3.05) is 13.1 Å². The number of hydrogen-bond acceptors (Lipinski definition) is 5. The molecule has 0 bridgehead atoms. The van der Waals surface area contributed by atoms with Gasteiger partial charge in [0.05, 0.1) is 13.1 Å². The van der Waals surface area contributed by atoms with Crippen molar-refractivity contribution in [3.8, 4) is 0 Å². The molecule has 0 aromatic heterocycles. The smallest absolute Gasteiger partial charge is 0.317 e. The molecule has 7 N–H and O–H groups in total. The highest BCUT2D eigenvalue weighted by atomic mass is 16.4. The summed E-state index contributed by atoms with van der Waals surface area (Å²) in [5, 5.41) is 23.5. The van der Waals surface area contributed by atoms with Crippen LogP contribution in [0.3, 0.4) is 0 Å². The summed E-state index contributed by atoms with van der Waals surface area (Å²) >= 11 is 0. The lowest BCUT2D eigenvalue weighted by Crippen LogP contribution is -2.48. The summed E-state index contributed by atoms with van der Waals surface area (Å²) in [6, 6.07) is 6.20. The van der Waals surface area contributed by atoms with Crippen molar-refractivity contribution in [2.45, 2.75) is 25.9 Å². The Balaban J connectivity index is 2.45. The fourth-order valence-corrected chi connectivity index (χ4v) is 2.00. The van der Waals surface area contributed by atoms with Crippen molar-refractivity contribution in [1.29, 1.82) is 5.41 Å². The summed E-state index contributed by atoms with van der Waals surface area (Å²) in [6.07, 6.45) is 0.403. The number of rotatable bonds is 10. The maximum Gasteiger partial charge on any atom is 0.317 e. The minimum absolute atomic E-state index is 0.0270. The average Bonchev–Trinajstić information content (AvgIpc) is 2.57. The first-order chi connectivity index (χ1) is 11.8. The Bertz CT molecular complexity index is 630. The van der Waals surface area contributed by atoms with Crippen LogP contribution in [0.25, 0.3) is 0 Å². The van der Waals surface area contributed by atoms with Gasteiger partial charge in [0, 0.05) is 12.1 Å². The lowest BCUT2D eigenvalue weighted by Gasteiger charge is -2.17. The molecule has 136 valence electrons. The highest BCUT2D eigenvalue weighted by Crippen LogP contribution is 2.04. The van der Waals surface area contributed by atoms with Gasteiger partial charge in [-0.15, -0.1) is 0 Å². The van der Waals surface area contributed by atoms with E-state index in [9.17, 15) is 14.4 Å². The summed E-state index contributed by atoms with van der Waals surface area (Å²) < 4.78 is 0. The van der Waals surface area contributed by atoms with Gasteiger partial charge in [0.1, 0.15) is 11.9 Å². The lowest BCUT2D eigenvalue weighted by atomic mass is 10.1. The first-order valence-corrected chi connectivity index (χ1v) is 7.76. The number of carbonyl (C=O) groups is 3. The van der Waals surface area contributed by atoms with Crippen molar-refractivity contribution < 1.29 is 19.5 Å². The van der Waals surface area contributed by atoms with Crippen LogP contribution in [-0.2, 0) is 20.9 Å². The zero-order valence-corrected chi connectivity index (χ0v) is 14.0. The number of carbonyl (C=O) groups excluding carboxylic acids is 2. The molecule has 1 aromatic carbocycles. The molecule has 0 spiro atoms. The fourth-order valence-electron chi connectivity index (χ4n) is 2.00. The molecule has 9 heteroatoms. The molecule has 0 fully saturated rings. The minimum atomic E-state index is -1.06. The molecule has 1 unspecified atom stereocenters. The summed E-state index contributed by atoms with van der Waals surface area (Å²) in [5.74, 6) is -1.87. The maximum absolute atomic E-state index is 12.1. The molecule has 0 heterocycles. The molecule has 9 nitrogen and oxygen atoms in total. The summed E-state index contributed by atoms with van der Waals surface area (Å²) in [7, 11) is 0. The number of nitrogen functional groups attached to an aromatic ring is 1. The van der Waals surface area contributed by atoms with Crippen LogP contribution < -0.4 is 21.7 Å². The highest BCUT2D eigenvalue weighted by molar-refractivity contribution is 5.94.